The number of hydrogen-bond acceptors (Lipinski definition) is 1. The lowest BCUT2D eigenvalue weighted by Gasteiger charge is -2.07. The normalized spacial score (nSPS) is 10.3. The fourth-order valence-electron chi connectivity index (χ4n) is 3.95. The zero-order valence-corrected chi connectivity index (χ0v) is 27.8. The van der Waals surface area contributed by atoms with Crippen molar-refractivity contribution in [2.24, 2.45) is 17.8 Å². The minimum atomic E-state index is 0.659. The first-order valence-electron chi connectivity index (χ1n) is 16.0. The van der Waals surface area contributed by atoms with E-state index < -0.39 is 0 Å². The largest absolute Gasteiger partial charge is 0.494 e. The van der Waals surface area contributed by atoms with E-state index in [0.29, 0.717) is 11.8 Å². The molecule has 42 heavy (non-hydrogen) atoms. The van der Waals surface area contributed by atoms with Crippen molar-refractivity contribution in [1.29, 1.82) is 0 Å². The van der Waals surface area contributed by atoms with Gasteiger partial charge < -0.3 is 4.74 Å². The third-order valence-corrected chi connectivity index (χ3v) is 6.51. The van der Waals surface area contributed by atoms with Gasteiger partial charge >= 0.3 is 0 Å². The number of benzene rings is 4. The maximum absolute atomic E-state index is 5.52. The predicted octanol–water partition coefficient (Wildman–Crippen LogP) is 12.1. The quantitative estimate of drug-likeness (QED) is 0.185. The van der Waals surface area contributed by atoms with Gasteiger partial charge in [-0.05, 0) is 78.2 Å². The summed E-state index contributed by atoms with van der Waals surface area (Å²) >= 11 is 0. The third kappa shape index (κ3) is 20.5. The summed E-state index contributed by atoms with van der Waals surface area (Å²) in [5, 5.41) is 0. The Balaban J connectivity index is 0.000000281. The van der Waals surface area contributed by atoms with Crippen LogP contribution in [0, 0.1) is 17.8 Å². The molecule has 228 valence electrons. The second-order valence-corrected chi connectivity index (χ2v) is 12.4. The minimum absolute atomic E-state index is 0.659. The van der Waals surface area contributed by atoms with E-state index in [2.05, 4.69) is 140 Å². The Bertz CT molecular complexity index is 1100. The highest BCUT2D eigenvalue weighted by Crippen LogP contribution is 2.12. The number of aryl methyl sites for hydroxylation is 1. The van der Waals surface area contributed by atoms with Crippen LogP contribution in [0.15, 0.2) is 121 Å². The molecular weight excluding hydrogens is 508 g/mol. The van der Waals surface area contributed by atoms with Crippen molar-refractivity contribution in [1.82, 2.24) is 0 Å². The van der Waals surface area contributed by atoms with E-state index in [9.17, 15) is 0 Å². The second-order valence-electron chi connectivity index (χ2n) is 12.4. The molecule has 1 nitrogen and oxygen atoms in total. The molecule has 1 heteroatoms. The zero-order valence-electron chi connectivity index (χ0n) is 27.8. The molecule has 4 aromatic carbocycles. The summed E-state index contributed by atoms with van der Waals surface area (Å²) in [6.45, 7) is 18.7. The van der Waals surface area contributed by atoms with Crippen LogP contribution in [0.3, 0.4) is 0 Å². The van der Waals surface area contributed by atoms with E-state index in [4.69, 9.17) is 4.74 Å². The van der Waals surface area contributed by atoms with Gasteiger partial charge in [0.15, 0.2) is 0 Å². The Kier molecular flexibility index (Phi) is 20.3. The van der Waals surface area contributed by atoms with Gasteiger partial charge in [0.1, 0.15) is 5.75 Å². The molecule has 0 N–H and O–H groups in total. The Morgan fingerprint density at radius 3 is 1.29 bits per heavy atom. The average Bonchev–Trinajstić information content (AvgIpc) is 2.99. The van der Waals surface area contributed by atoms with E-state index in [-0.39, 0.29) is 0 Å². The van der Waals surface area contributed by atoms with Crippen molar-refractivity contribution in [2.75, 3.05) is 6.61 Å². The standard InChI is InChI=1S/C11H16O.C11H16.C10H14.C9H12/c1-10(2)8-9-12-11-6-4-3-5-7-11;1-10(2)8-9-11-6-4-3-5-7-11;1-9(2)8-10-6-4-3-5-7-10;1-8(2)9-6-4-3-5-7-9/h3-7,10H,8-9H2,1-2H3;3-7,10H,8-9H2,1-2H3;3-7,9H,8H2,1-2H3;3-8H,1-2H3. The van der Waals surface area contributed by atoms with Crippen molar-refractivity contribution < 1.29 is 4.74 Å². The molecule has 0 bridgehead atoms. The summed E-state index contributed by atoms with van der Waals surface area (Å²) in [5.74, 6) is 3.93. The first-order chi connectivity index (χ1) is 20.2. The van der Waals surface area contributed by atoms with Gasteiger partial charge in [0.2, 0.25) is 0 Å². The van der Waals surface area contributed by atoms with Gasteiger partial charge in [-0.25, -0.2) is 0 Å². The highest BCUT2D eigenvalue weighted by molar-refractivity contribution is 5.21. The van der Waals surface area contributed by atoms with Crippen molar-refractivity contribution in [3.63, 3.8) is 0 Å². The first-order valence-corrected chi connectivity index (χ1v) is 16.0. The Morgan fingerprint density at radius 2 is 0.881 bits per heavy atom. The third-order valence-electron chi connectivity index (χ3n) is 6.51. The molecule has 0 aliphatic heterocycles. The maximum atomic E-state index is 5.52. The van der Waals surface area contributed by atoms with E-state index in [1.165, 1.54) is 36.0 Å². The lowest BCUT2D eigenvalue weighted by Crippen LogP contribution is -2.00. The van der Waals surface area contributed by atoms with Crippen LogP contribution in [0.25, 0.3) is 0 Å². The minimum Gasteiger partial charge on any atom is -0.494 e. The molecule has 0 unspecified atom stereocenters. The molecule has 0 heterocycles. The van der Waals surface area contributed by atoms with Crippen LogP contribution in [-0.2, 0) is 12.8 Å². The Labute approximate surface area is 259 Å². The molecule has 4 rings (SSSR count). The predicted molar refractivity (Wildman–Crippen MR) is 187 cm³/mol. The second kappa shape index (κ2) is 23.3. The molecule has 0 amide bonds. The van der Waals surface area contributed by atoms with Crippen molar-refractivity contribution in [3.8, 4) is 5.75 Å². The molecule has 0 saturated heterocycles. The monoisotopic (exact) mass is 566 g/mol. The van der Waals surface area contributed by atoms with Crippen LogP contribution in [0.5, 0.6) is 5.75 Å². The van der Waals surface area contributed by atoms with Gasteiger partial charge in [-0.1, -0.05) is 165 Å². The Hall–Kier alpha value is -3.32. The van der Waals surface area contributed by atoms with Gasteiger partial charge in [-0.2, -0.15) is 0 Å². The molecule has 0 fully saturated rings. The molecule has 0 aliphatic carbocycles. The molecule has 4 aromatic rings. The molecule has 0 aromatic heterocycles. The SMILES string of the molecule is CC(C)CCOc1ccccc1.CC(C)CCc1ccccc1.CC(C)Cc1ccccc1.CC(C)c1ccccc1. The summed E-state index contributed by atoms with van der Waals surface area (Å²) in [7, 11) is 0. The summed E-state index contributed by atoms with van der Waals surface area (Å²) in [4.78, 5) is 0. The van der Waals surface area contributed by atoms with Gasteiger partial charge in [-0.15, -0.1) is 0 Å². The highest BCUT2D eigenvalue weighted by atomic mass is 16.5. The maximum Gasteiger partial charge on any atom is 0.119 e. The Morgan fingerprint density at radius 1 is 0.452 bits per heavy atom. The summed E-state index contributed by atoms with van der Waals surface area (Å²) < 4.78 is 5.52. The van der Waals surface area contributed by atoms with Crippen molar-refractivity contribution in [2.45, 2.75) is 87.0 Å². The average molecular weight is 567 g/mol. The van der Waals surface area contributed by atoms with Gasteiger partial charge in [0.05, 0.1) is 6.61 Å². The molecule has 0 spiro atoms. The lowest BCUT2D eigenvalue weighted by atomic mass is 10.0. The molecular formula is C41H58O. The smallest absolute Gasteiger partial charge is 0.119 e. The molecule has 0 aliphatic rings. The fourth-order valence-corrected chi connectivity index (χ4v) is 3.95. The van der Waals surface area contributed by atoms with Crippen molar-refractivity contribution >= 4 is 0 Å². The van der Waals surface area contributed by atoms with Crippen LogP contribution >= 0.6 is 0 Å². The van der Waals surface area contributed by atoms with E-state index in [0.717, 1.165) is 30.6 Å². The number of rotatable bonds is 10. The van der Waals surface area contributed by atoms with Crippen LogP contribution in [0.1, 0.15) is 90.8 Å². The first kappa shape index (κ1) is 36.7. The molecule has 0 saturated carbocycles. The van der Waals surface area contributed by atoms with Crippen LogP contribution < -0.4 is 4.74 Å². The van der Waals surface area contributed by atoms with E-state index >= 15 is 0 Å². The van der Waals surface area contributed by atoms with Crippen LogP contribution in [0.4, 0.5) is 0 Å². The molecule has 0 atom stereocenters. The van der Waals surface area contributed by atoms with Crippen LogP contribution in [-0.4, -0.2) is 6.61 Å². The topological polar surface area (TPSA) is 9.23 Å². The lowest BCUT2D eigenvalue weighted by molar-refractivity contribution is 0.289. The number of para-hydroxylation sites is 1. The number of hydrogen-bond donors (Lipinski definition) is 0. The number of ether oxygens (including phenoxy) is 1. The fraction of sp³-hybridized carbons (Fsp3) is 0.415. The van der Waals surface area contributed by atoms with E-state index in [1.54, 1.807) is 0 Å². The van der Waals surface area contributed by atoms with Gasteiger partial charge in [-0.3, -0.25) is 0 Å². The molecule has 0 radical (unpaired) electrons. The zero-order chi connectivity index (χ0) is 31.0. The van der Waals surface area contributed by atoms with Crippen LogP contribution in [0.2, 0.25) is 0 Å². The summed E-state index contributed by atoms with van der Waals surface area (Å²) in [6.07, 6.45) is 4.83. The highest BCUT2D eigenvalue weighted by Gasteiger charge is 1.96. The van der Waals surface area contributed by atoms with E-state index in [1.807, 2.05) is 36.4 Å². The van der Waals surface area contributed by atoms with Gasteiger partial charge in [0.25, 0.3) is 0 Å². The van der Waals surface area contributed by atoms with Gasteiger partial charge in [0, 0.05) is 0 Å². The summed E-state index contributed by atoms with van der Waals surface area (Å²) in [6, 6.07) is 41.8. The summed E-state index contributed by atoms with van der Waals surface area (Å²) in [5.41, 5.74) is 4.32. The van der Waals surface area contributed by atoms with Crippen molar-refractivity contribution in [3.05, 3.63) is 138 Å².